The third-order valence-electron chi connectivity index (χ3n) is 4.00. The molecule has 2 amide bonds. The molecule has 1 aliphatic rings. The van der Waals surface area contributed by atoms with E-state index in [9.17, 15) is 9.59 Å². The Morgan fingerprint density at radius 1 is 1.29 bits per heavy atom. The highest BCUT2D eigenvalue weighted by Crippen LogP contribution is 2.20. The summed E-state index contributed by atoms with van der Waals surface area (Å²) in [5, 5.41) is 2.83. The fourth-order valence-electron chi connectivity index (χ4n) is 2.59. The first-order valence-electron chi connectivity index (χ1n) is 7.84. The van der Waals surface area contributed by atoms with Crippen LogP contribution in [0.3, 0.4) is 0 Å². The van der Waals surface area contributed by atoms with Crippen LogP contribution in [-0.4, -0.2) is 42.4 Å². The Morgan fingerprint density at radius 2 is 1.90 bits per heavy atom. The summed E-state index contributed by atoms with van der Waals surface area (Å²) in [6.45, 7) is 6.41. The Hall–Kier alpha value is -0.810. The monoisotopic (exact) mass is 319 g/mol. The van der Waals surface area contributed by atoms with Gasteiger partial charge in [-0.05, 0) is 38.5 Å². The van der Waals surface area contributed by atoms with Crippen molar-refractivity contribution in [1.82, 2.24) is 10.2 Å². The zero-order valence-corrected chi connectivity index (χ0v) is 14.1. The van der Waals surface area contributed by atoms with Gasteiger partial charge >= 0.3 is 0 Å². The summed E-state index contributed by atoms with van der Waals surface area (Å²) in [4.78, 5) is 25.4. The molecular formula is C15H30ClN3O2. The largest absolute Gasteiger partial charge is 0.356 e. The van der Waals surface area contributed by atoms with Crippen molar-refractivity contribution in [2.24, 2.45) is 11.7 Å². The Labute approximate surface area is 134 Å². The second kappa shape index (κ2) is 10.9. The summed E-state index contributed by atoms with van der Waals surface area (Å²) in [5.41, 5.74) is 5.89. The number of nitrogens with one attached hydrogen (secondary N) is 1. The fraction of sp³-hybridized carbons (Fsp3) is 0.867. The molecule has 1 rings (SSSR count). The number of amides is 2. The molecule has 3 N–H and O–H groups in total. The summed E-state index contributed by atoms with van der Waals surface area (Å²) in [6, 6.07) is 0.217. The topological polar surface area (TPSA) is 75.4 Å². The average molecular weight is 320 g/mol. The van der Waals surface area contributed by atoms with Gasteiger partial charge < -0.3 is 16.0 Å². The number of likely N-dealkylation sites (tertiary alicyclic amines) is 1. The van der Waals surface area contributed by atoms with E-state index in [1.165, 1.54) is 0 Å². The van der Waals surface area contributed by atoms with Crippen LogP contribution in [0.2, 0.25) is 0 Å². The minimum absolute atomic E-state index is 0. The van der Waals surface area contributed by atoms with Crippen LogP contribution in [0.25, 0.3) is 0 Å². The normalized spacial score (nSPS) is 17.0. The lowest BCUT2D eigenvalue weighted by atomic mass is 9.91. The number of hydrogen-bond donors (Lipinski definition) is 2. The van der Waals surface area contributed by atoms with Crippen molar-refractivity contribution < 1.29 is 9.59 Å². The van der Waals surface area contributed by atoms with Crippen LogP contribution >= 0.6 is 12.4 Å². The van der Waals surface area contributed by atoms with Crippen molar-refractivity contribution >= 4 is 24.2 Å². The van der Waals surface area contributed by atoms with Gasteiger partial charge in [0.1, 0.15) is 0 Å². The summed E-state index contributed by atoms with van der Waals surface area (Å²) < 4.78 is 0. The molecule has 0 aromatic heterocycles. The van der Waals surface area contributed by atoms with E-state index in [-0.39, 0.29) is 30.3 Å². The van der Waals surface area contributed by atoms with Crippen LogP contribution in [0.15, 0.2) is 0 Å². The van der Waals surface area contributed by atoms with Crippen molar-refractivity contribution in [3.63, 3.8) is 0 Å². The third-order valence-corrected chi connectivity index (χ3v) is 4.00. The molecule has 1 saturated heterocycles. The minimum Gasteiger partial charge on any atom is -0.356 e. The smallest absolute Gasteiger partial charge is 0.222 e. The maximum absolute atomic E-state index is 12.0. The number of hydrogen-bond acceptors (Lipinski definition) is 3. The molecule has 1 heterocycles. The van der Waals surface area contributed by atoms with Crippen LogP contribution in [0, 0.1) is 5.92 Å². The molecule has 1 fully saturated rings. The number of halogens is 1. The highest BCUT2D eigenvalue weighted by atomic mass is 35.5. The van der Waals surface area contributed by atoms with Gasteiger partial charge in [-0.15, -0.1) is 12.4 Å². The predicted molar refractivity (Wildman–Crippen MR) is 87.4 cm³/mol. The lowest BCUT2D eigenvalue weighted by Crippen LogP contribution is -2.42. The highest BCUT2D eigenvalue weighted by molar-refractivity contribution is 5.85. The fourth-order valence-corrected chi connectivity index (χ4v) is 2.59. The molecule has 6 heteroatoms. The van der Waals surface area contributed by atoms with Gasteiger partial charge in [-0.25, -0.2) is 0 Å². The second-order valence-electron chi connectivity index (χ2n) is 5.78. The van der Waals surface area contributed by atoms with Crippen molar-refractivity contribution in [2.45, 2.75) is 58.4 Å². The van der Waals surface area contributed by atoms with Gasteiger partial charge in [-0.3, -0.25) is 9.59 Å². The van der Waals surface area contributed by atoms with E-state index in [4.69, 9.17) is 5.73 Å². The first kappa shape index (κ1) is 20.2. The maximum Gasteiger partial charge on any atom is 0.222 e. The van der Waals surface area contributed by atoms with Crippen LogP contribution in [0.4, 0.5) is 0 Å². The SMILES string of the molecule is CCCNC(=O)CCCC(=O)N1CCC(C(C)N)CC1.Cl. The van der Waals surface area contributed by atoms with Gasteiger partial charge in [-0.1, -0.05) is 6.92 Å². The number of nitrogens with zero attached hydrogens (tertiary/aromatic N) is 1. The van der Waals surface area contributed by atoms with Crippen LogP contribution in [0.1, 0.15) is 52.4 Å². The molecule has 0 bridgehead atoms. The lowest BCUT2D eigenvalue weighted by Gasteiger charge is -2.33. The van der Waals surface area contributed by atoms with E-state index < -0.39 is 0 Å². The van der Waals surface area contributed by atoms with E-state index in [0.717, 1.165) is 38.9 Å². The molecule has 0 saturated carbocycles. The van der Waals surface area contributed by atoms with Gasteiger partial charge in [-0.2, -0.15) is 0 Å². The first-order valence-corrected chi connectivity index (χ1v) is 7.84. The van der Waals surface area contributed by atoms with E-state index in [1.807, 2.05) is 18.7 Å². The number of piperidine rings is 1. The Balaban J connectivity index is 0.00000400. The molecule has 21 heavy (non-hydrogen) atoms. The van der Waals surface area contributed by atoms with E-state index in [1.54, 1.807) is 0 Å². The van der Waals surface area contributed by atoms with Crippen molar-refractivity contribution in [1.29, 1.82) is 0 Å². The number of rotatable bonds is 7. The Morgan fingerprint density at radius 3 is 2.43 bits per heavy atom. The maximum atomic E-state index is 12.0. The van der Waals surface area contributed by atoms with Crippen LogP contribution in [-0.2, 0) is 9.59 Å². The number of carbonyl (C=O) groups is 2. The van der Waals surface area contributed by atoms with E-state index in [2.05, 4.69) is 5.32 Å². The van der Waals surface area contributed by atoms with Crippen molar-refractivity contribution in [3.05, 3.63) is 0 Å². The van der Waals surface area contributed by atoms with E-state index >= 15 is 0 Å². The Bertz CT molecular complexity index is 316. The molecule has 1 aliphatic heterocycles. The molecule has 1 atom stereocenters. The molecule has 0 spiro atoms. The average Bonchev–Trinajstić information content (AvgIpc) is 2.45. The summed E-state index contributed by atoms with van der Waals surface area (Å²) >= 11 is 0. The van der Waals surface area contributed by atoms with Crippen LogP contribution < -0.4 is 11.1 Å². The molecule has 0 radical (unpaired) electrons. The zero-order chi connectivity index (χ0) is 15.0. The standard InChI is InChI=1S/C15H29N3O2.ClH/c1-3-9-17-14(19)5-4-6-15(20)18-10-7-13(8-11-18)12(2)16;/h12-13H,3-11,16H2,1-2H3,(H,17,19);1H. The third kappa shape index (κ3) is 7.67. The predicted octanol–water partition coefficient (Wildman–Crippen LogP) is 1.69. The molecule has 124 valence electrons. The molecule has 0 aliphatic carbocycles. The summed E-state index contributed by atoms with van der Waals surface area (Å²) in [5.74, 6) is 0.769. The Kier molecular flexibility index (Phi) is 10.4. The van der Waals surface area contributed by atoms with Gasteiger partial charge in [0, 0.05) is 38.5 Å². The van der Waals surface area contributed by atoms with E-state index in [0.29, 0.717) is 25.2 Å². The van der Waals surface area contributed by atoms with Gasteiger partial charge in [0.2, 0.25) is 11.8 Å². The van der Waals surface area contributed by atoms with Gasteiger partial charge in [0.05, 0.1) is 0 Å². The highest BCUT2D eigenvalue weighted by Gasteiger charge is 2.24. The van der Waals surface area contributed by atoms with Gasteiger partial charge in [0.25, 0.3) is 0 Å². The summed E-state index contributed by atoms with van der Waals surface area (Å²) in [6.07, 6.45) is 4.51. The lowest BCUT2D eigenvalue weighted by molar-refractivity contribution is -0.132. The number of nitrogens with two attached hydrogens (primary N) is 1. The second-order valence-corrected chi connectivity index (χ2v) is 5.78. The zero-order valence-electron chi connectivity index (χ0n) is 13.3. The molecule has 0 aromatic carbocycles. The first-order chi connectivity index (χ1) is 9.54. The molecule has 0 aromatic rings. The molecule has 1 unspecified atom stereocenters. The van der Waals surface area contributed by atoms with Crippen molar-refractivity contribution in [2.75, 3.05) is 19.6 Å². The summed E-state index contributed by atoms with van der Waals surface area (Å²) in [7, 11) is 0. The minimum atomic E-state index is 0. The number of carbonyl (C=O) groups excluding carboxylic acids is 2. The molecule has 5 nitrogen and oxygen atoms in total. The molecular weight excluding hydrogens is 290 g/mol. The van der Waals surface area contributed by atoms with Gasteiger partial charge in [0.15, 0.2) is 0 Å². The van der Waals surface area contributed by atoms with Crippen LogP contribution in [0.5, 0.6) is 0 Å². The van der Waals surface area contributed by atoms with Crippen molar-refractivity contribution in [3.8, 4) is 0 Å². The quantitative estimate of drug-likeness (QED) is 0.750.